The molecule has 4 aliphatic rings. The van der Waals surface area contributed by atoms with Crippen molar-refractivity contribution in [3.8, 4) is 6.07 Å². The van der Waals surface area contributed by atoms with Crippen LogP contribution in [-0.4, -0.2) is 25.0 Å². The normalized spacial score (nSPS) is 40.7. The molecule has 19 heavy (non-hydrogen) atoms. The van der Waals surface area contributed by atoms with Crippen LogP contribution in [0.15, 0.2) is 0 Å². The van der Waals surface area contributed by atoms with Crippen molar-refractivity contribution >= 4 is 0 Å². The van der Waals surface area contributed by atoms with Crippen molar-refractivity contribution in [3.05, 3.63) is 0 Å². The fourth-order valence-electron chi connectivity index (χ4n) is 5.82. The van der Waals surface area contributed by atoms with Gasteiger partial charge in [-0.3, -0.25) is 0 Å². The quantitative estimate of drug-likeness (QED) is 0.771. The Morgan fingerprint density at radius 3 is 2.00 bits per heavy atom. The molecule has 2 nitrogen and oxygen atoms in total. The summed E-state index contributed by atoms with van der Waals surface area (Å²) >= 11 is 0. The van der Waals surface area contributed by atoms with Crippen molar-refractivity contribution in [1.29, 1.82) is 5.26 Å². The van der Waals surface area contributed by atoms with E-state index in [0.717, 1.165) is 24.3 Å². The van der Waals surface area contributed by atoms with Gasteiger partial charge >= 0.3 is 0 Å². The maximum atomic E-state index is 9.20. The second-order valence-electron chi connectivity index (χ2n) is 8.59. The molecule has 0 N–H and O–H groups in total. The number of hydrogen-bond donors (Lipinski definition) is 0. The molecule has 106 valence electrons. The summed E-state index contributed by atoms with van der Waals surface area (Å²) in [4.78, 5) is 2.44. The fraction of sp³-hybridized carbons (Fsp3) is 0.941. The van der Waals surface area contributed by atoms with Crippen molar-refractivity contribution in [2.24, 2.45) is 28.6 Å². The Kier molecular flexibility index (Phi) is 3.17. The summed E-state index contributed by atoms with van der Waals surface area (Å²) in [5.74, 6) is 3.09. The standard InChI is InChI=1S/C17H28N2/c1-16(2,10-18)11-19(3)12-17-7-13-4-14(8-17)6-15(5-13)9-17/h13-15H,4-9,11-12H2,1-3H3. The lowest BCUT2D eigenvalue weighted by Crippen LogP contribution is -2.51. The molecule has 0 spiro atoms. The van der Waals surface area contributed by atoms with Gasteiger partial charge in [0, 0.05) is 13.1 Å². The molecule has 0 unspecified atom stereocenters. The van der Waals surface area contributed by atoms with Crippen LogP contribution in [0.5, 0.6) is 0 Å². The molecule has 0 atom stereocenters. The van der Waals surface area contributed by atoms with Gasteiger partial charge < -0.3 is 4.90 Å². The van der Waals surface area contributed by atoms with E-state index in [0.29, 0.717) is 5.41 Å². The zero-order valence-electron chi connectivity index (χ0n) is 12.8. The first kappa shape index (κ1) is 13.4. The third-order valence-electron chi connectivity index (χ3n) is 5.74. The van der Waals surface area contributed by atoms with Crippen molar-refractivity contribution in [2.45, 2.75) is 52.4 Å². The minimum atomic E-state index is -0.211. The Bertz CT molecular complexity index is 355. The maximum absolute atomic E-state index is 9.20. The Morgan fingerprint density at radius 1 is 1.11 bits per heavy atom. The molecule has 4 saturated carbocycles. The first-order valence-corrected chi connectivity index (χ1v) is 8.00. The minimum Gasteiger partial charge on any atom is -0.304 e. The lowest BCUT2D eigenvalue weighted by Gasteiger charge is -2.58. The van der Waals surface area contributed by atoms with Gasteiger partial charge in [-0.1, -0.05) is 0 Å². The highest BCUT2D eigenvalue weighted by atomic mass is 15.1. The first-order chi connectivity index (χ1) is 8.90. The second kappa shape index (κ2) is 4.48. The molecule has 2 heteroatoms. The maximum Gasteiger partial charge on any atom is 0.0697 e. The van der Waals surface area contributed by atoms with Crippen LogP contribution in [0.1, 0.15) is 52.4 Å². The molecule has 4 aliphatic carbocycles. The van der Waals surface area contributed by atoms with Crippen LogP contribution in [0, 0.1) is 39.9 Å². The van der Waals surface area contributed by atoms with Crippen LogP contribution in [0.2, 0.25) is 0 Å². The molecule has 0 aromatic heterocycles. The molecule has 0 saturated heterocycles. The van der Waals surface area contributed by atoms with E-state index in [2.05, 4.69) is 31.9 Å². The van der Waals surface area contributed by atoms with E-state index < -0.39 is 0 Å². The summed E-state index contributed by atoms with van der Waals surface area (Å²) in [6, 6.07) is 2.44. The summed E-state index contributed by atoms with van der Waals surface area (Å²) in [6.45, 7) is 6.25. The molecule has 0 aliphatic heterocycles. The smallest absolute Gasteiger partial charge is 0.0697 e. The third-order valence-corrected chi connectivity index (χ3v) is 5.74. The summed E-state index contributed by atoms with van der Waals surface area (Å²) in [5.41, 5.74) is 0.395. The van der Waals surface area contributed by atoms with Crippen LogP contribution in [0.25, 0.3) is 0 Å². The number of nitrogens with zero attached hydrogens (tertiary/aromatic N) is 2. The van der Waals surface area contributed by atoms with E-state index >= 15 is 0 Å². The molecule has 0 amide bonds. The predicted octanol–water partition coefficient (Wildman–Crippen LogP) is 3.68. The van der Waals surface area contributed by atoms with Crippen LogP contribution in [-0.2, 0) is 0 Å². The largest absolute Gasteiger partial charge is 0.304 e. The van der Waals surface area contributed by atoms with Gasteiger partial charge in [0.1, 0.15) is 0 Å². The summed E-state index contributed by atoms with van der Waals surface area (Å²) < 4.78 is 0. The van der Waals surface area contributed by atoms with Gasteiger partial charge in [-0.25, -0.2) is 0 Å². The van der Waals surface area contributed by atoms with E-state index in [-0.39, 0.29) is 5.41 Å². The Hall–Kier alpha value is -0.550. The average molecular weight is 260 g/mol. The van der Waals surface area contributed by atoms with E-state index in [1.54, 1.807) is 0 Å². The minimum absolute atomic E-state index is 0.211. The number of hydrogen-bond acceptors (Lipinski definition) is 2. The molecule has 0 aromatic rings. The topological polar surface area (TPSA) is 27.0 Å². The lowest BCUT2D eigenvalue weighted by atomic mass is 9.49. The first-order valence-electron chi connectivity index (χ1n) is 8.00. The summed E-state index contributed by atoms with van der Waals surface area (Å²) in [7, 11) is 2.22. The van der Waals surface area contributed by atoms with Crippen LogP contribution in [0.4, 0.5) is 0 Å². The van der Waals surface area contributed by atoms with Gasteiger partial charge in [0.05, 0.1) is 11.5 Å². The van der Waals surface area contributed by atoms with Crippen molar-refractivity contribution < 1.29 is 0 Å². The van der Waals surface area contributed by atoms with Crippen LogP contribution >= 0.6 is 0 Å². The van der Waals surface area contributed by atoms with Gasteiger partial charge in [0.15, 0.2) is 0 Å². The molecular weight excluding hydrogens is 232 g/mol. The zero-order chi connectivity index (χ0) is 13.7. The molecule has 4 rings (SSSR count). The van der Waals surface area contributed by atoms with E-state index in [9.17, 15) is 5.26 Å². The van der Waals surface area contributed by atoms with Gasteiger partial charge in [0.2, 0.25) is 0 Å². The molecule has 4 bridgehead atoms. The third kappa shape index (κ3) is 2.68. The fourth-order valence-corrected chi connectivity index (χ4v) is 5.82. The van der Waals surface area contributed by atoms with Crippen molar-refractivity contribution in [1.82, 2.24) is 4.90 Å². The van der Waals surface area contributed by atoms with E-state index in [1.165, 1.54) is 45.1 Å². The highest BCUT2D eigenvalue weighted by Crippen LogP contribution is 2.60. The molecule has 4 fully saturated rings. The lowest BCUT2D eigenvalue weighted by molar-refractivity contribution is -0.0679. The van der Waals surface area contributed by atoms with Crippen LogP contribution < -0.4 is 0 Å². The molecule has 0 radical (unpaired) electrons. The number of nitriles is 1. The molecule has 0 aromatic carbocycles. The van der Waals surface area contributed by atoms with E-state index in [1.807, 2.05) is 0 Å². The predicted molar refractivity (Wildman–Crippen MR) is 77.5 cm³/mol. The Morgan fingerprint density at radius 2 is 1.58 bits per heavy atom. The highest BCUT2D eigenvalue weighted by molar-refractivity contribution is 5.03. The zero-order valence-corrected chi connectivity index (χ0v) is 12.8. The highest BCUT2D eigenvalue weighted by Gasteiger charge is 2.51. The van der Waals surface area contributed by atoms with Gasteiger partial charge in [0.25, 0.3) is 0 Å². The van der Waals surface area contributed by atoms with Gasteiger partial charge in [-0.15, -0.1) is 0 Å². The van der Waals surface area contributed by atoms with Crippen molar-refractivity contribution in [2.75, 3.05) is 20.1 Å². The molecular formula is C17H28N2. The second-order valence-corrected chi connectivity index (χ2v) is 8.59. The number of rotatable bonds is 4. The van der Waals surface area contributed by atoms with Crippen molar-refractivity contribution in [3.63, 3.8) is 0 Å². The van der Waals surface area contributed by atoms with Crippen LogP contribution in [0.3, 0.4) is 0 Å². The Balaban J connectivity index is 1.65. The average Bonchev–Trinajstić information content (AvgIpc) is 2.25. The summed E-state index contributed by atoms with van der Waals surface area (Å²) in [5, 5.41) is 9.20. The SMILES string of the molecule is CN(CC(C)(C)C#N)CC12CC3CC(CC(C3)C1)C2. The monoisotopic (exact) mass is 260 g/mol. The Labute approximate surface area is 118 Å². The van der Waals surface area contributed by atoms with Gasteiger partial charge in [-0.05, 0) is 82.6 Å². The van der Waals surface area contributed by atoms with E-state index in [4.69, 9.17) is 0 Å². The molecule has 0 heterocycles. The van der Waals surface area contributed by atoms with Gasteiger partial charge in [-0.2, -0.15) is 5.26 Å². The summed E-state index contributed by atoms with van der Waals surface area (Å²) in [6.07, 6.45) is 8.97.